The van der Waals surface area contributed by atoms with E-state index in [-0.39, 0.29) is 22.8 Å². The standard InChI is InChI=1S/C12H16F2N2O/c1-12(2)9(5-10(12)17)16-8-4-6(13)3-7(14)11(8)15/h3-4,9-10,16-17H,5,15H2,1-2H3. The second-order valence-corrected chi connectivity index (χ2v) is 5.12. The molecule has 1 aliphatic carbocycles. The highest BCUT2D eigenvalue weighted by molar-refractivity contribution is 5.67. The number of halogens is 2. The van der Waals surface area contributed by atoms with Gasteiger partial charge in [-0.3, -0.25) is 0 Å². The van der Waals surface area contributed by atoms with Crippen LogP contribution >= 0.6 is 0 Å². The van der Waals surface area contributed by atoms with Crippen molar-refractivity contribution >= 4 is 11.4 Å². The van der Waals surface area contributed by atoms with Crippen molar-refractivity contribution in [3.05, 3.63) is 23.8 Å². The van der Waals surface area contributed by atoms with Crippen LogP contribution in [0.3, 0.4) is 0 Å². The SMILES string of the molecule is CC1(C)C(O)CC1Nc1cc(F)cc(F)c1N. The molecule has 0 amide bonds. The van der Waals surface area contributed by atoms with Crippen LogP contribution in [0.25, 0.3) is 0 Å². The summed E-state index contributed by atoms with van der Waals surface area (Å²) in [4.78, 5) is 0. The zero-order chi connectivity index (χ0) is 12.8. The fraction of sp³-hybridized carbons (Fsp3) is 0.500. The van der Waals surface area contributed by atoms with Gasteiger partial charge in [-0.2, -0.15) is 0 Å². The molecule has 0 saturated heterocycles. The maximum Gasteiger partial charge on any atom is 0.151 e. The van der Waals surface area contributed by atoms with Gasteiger partial charge >= 0.3 is 0 Å². The highest BCUT2D eigenvalue weighted by atomic mass is 19.1. The van der Waals surface area contributed by atoms with Crippen molar-refractivity contribution in [2.75, 3.05) is 11.1 Å². The van der Waals surface area contributed by atoms with E-state index < -0.39 is 17.7 Å². The van der Waals surface area contributed by atoms with Crippen molar-refractivity contribution < 1.29 is 13.9 Å². The van der Waals surface area contributed by atoms with Crippen LogP contribution in [-0.2, 0) is 0 Å². The normalized spacial score (nSPS) is 26.4. The number of hydrogen-bond donors (Lipinski definition) is 3. The van der Waals surface area contributed by atoms with Crippen molar-refractivity contribution in [3.63, 3.8) is 0 Å². The molecule has 2 rings (SSSR count). The summed E-state index contributed by atoms with van der Waals surface area (Å²) in [7, 11) is 0. The average Bonchev–Trinajstić information content (AvgIpc) is 2.24. The fourth-order valence-corrected chi connectivity index (χ4v) is 2.04. The molecule has 2 unspecified atom stereocenters. The molecular formula is C12H16F2N2O. The minimum atomic E-state index is -0.773. The summed E-state index contributed by atoms with van der Waals surface area (Å²) in [5.74, 6) is -1.44. The van der Waals surface area contributed by atoms with Gasteiger partial charge in [0.1, 0.15) is 5.82 Å². The maximum absolute atomic E-state index is 13.2. The Morgan fingerprint density at radius 3 is 2.59 bits per heavy atom. The monoisotopic (exact) mass is 242 g/mol. The first kappa shape index (κ1) is 12.1. The quantitative estimate of drug-likeness (QED) is 0.696. The molecule has 1 aromatic carbocycles. The highest BCUT2D eigenvalue weighted by Gasteiger charge is 2.47. The number of anilines is 2. The third-order valence-electron chi connectivity index (χ3n) is 3.64. The summed E-state index contributed by atoms with van der Waals surface area (Å²) in [6.45, 7) is 3.79. The van der Waals surface area contributed by atoms with Gasteiger partial charge in [0.05, 0.1) is 17.5 Å². The molecule has 3 nitrogen and oxygen atoms in total. The maximum atomic E-state index is 13.2. The first-order chi connectivity index (χ1) is 7.82. The van der Waals surface area contributed by atoms with E-state index in [0.717, 1.165) is 6.07 Å². The molecule has 1 fully saturated rings. The lowest BCUT2D eigenvalue weighted by Crippen LogP contribution is -2.57. The second kappa shape index (κ2) is 3.84. The summed E-state index contributed by atoms with van der Waals surface area (Å²) in [5, 5.41) is 12.6. The third kappa shape index (κ3) is 1.95. The van der Waals surface area contributed by atoms with Crippen LogP contribution < -0.4 is 11.1 Å². The number of nitrogens with two attached hydrogens (primary N) is 1. The molecule has 0 spiro atoms. The van der Waals surface area contributed by atoms with E-state index in [1.54, 1.807) is 0 Å². The number of benzene rings is 1. The Bertz CT molecular complexity index is 448. The van der Waals surface area contributed by atoms with E-state index in [9.17, 15) is 13.9 Å². The number of rotatable bonds is 2. The molecule has 0 heterocycles. The third-order valence-corrected chi connectivity index (χ3v) is 3.64. The molecule has 2 atom stereocenters. The van der Waals surface area contributed by atoms with E-state index >= 15 is 0 Å². The number of nitrogen functional groups attached to an aromatic ring is 1. The van der Waals surface area contributed by atoms with Crippen LogP contribution in [-0.4, -0.2) is 17.3 Å². The average molecular weight is 242 g/mol. The number of aliphatic hydroxyl groups excluding tert-OH is 1. The van der Waals surface area contributed by atoms with Crippen LogP contribution in [0.2, 0.25) is 0 Å². The lowest BCUT2D eigenvalue weighted by molar-refractivity contribution is -0.0510. The molecule has 0 aliphatic heterocycles. The molecule has 1 aromatic rings. The van der Waals surface area contributed by atoms with E-state index in [1.807, 2.05) is 13.8 Å². The van der Waals surface area contributed by atoms with E-state index in [0.29, 0.717) is 6.42 Å². The number of hydrogen-bond acceptors (Lipinski definition) is 3. The van der Waals surface area contributed by atoms with E-state index in [1.165, 1.54) is 6.07 Å². The Kier molecular flexibility index (Phi) is 2.73. The number of aliphatic hydroxyl groups is 1. The molecule has 0 aromatic heterocycles. The van der Waals surface area contributed by atoms with Crippen LogP contribution in [0.15, 0.2) is 12.1 Å². The molecule has 0 radical (unpaired) electrons. The fourth-order valence-electron chi connectivity index (χ4n) is 2.04. The number of nitrogens with one attached hydrogen (secondary N) is 1. The molecular weight excluding hydrogens is 226 g/mol. The zero-order valence-corrected chi connectivity index (χ0v) is 9.80. The van der Waals surface area contributed by atoms with Gasteiger partial charge in [-0.05, 0) is 12.5 Å². The summed E-state index contributed by atoms with van der Waals surface area (Å²) >= 11 is 0. The van der Waals surface area contributed by atoms with Gasteiger partial charge in [-0.25, -0.2) is 8.78 Å². The first-order valence-electron chi connectivity index (χ1n) is 5.51. The summed E-state index contributed by atoms with van der Waals surface area (Å²) < 4.78 is 26.3. The Labute approximate surface area is 98.6 Å². The van der Waals surface area contributed by atoms with Gasteiger partial charge in [-0.15, -0.1) is 0 Å². The Morgan fingerprint density at radius 2 is 2.06 bits per heavy atom. The second-order valence-electron chi connectivity index (χ2n) is 5.12. The minimum absolute atomic E-state index is 0.0407. The smallest absolute Gasteiger partial charge is 0.151 e. The largest absolute Gasteiger partial charge is 0.395 e. The van der Waals surface area contributed by atoms with Crippen molar-refractivity contribution in [2.45, 2.75) is 32.4 Å². The van der Waals surface area contributed by atoms with Crippen LogP contribution in [0.4, 0.5) is 20.2 Å². The molecule has 5 heteroatoms. The van der Waals surface area contributed by atoms with Crippen LogP contribution in [0, 0.1) is 17.0 Å². The predicted octanol–water partition coefficient (Wildman–Crippen LogP) is 2.12. The predicted molar refractivity (Wildman–Crippen MR) is 62.6 cm³/mol. The van der Waals surface area contributed by atoms with Crippen LogP contribution in [0.5, 0.6) is 0 Å². The molecule has 17 heavy (non-hydrogen) atoms. The van der Waals surface area contributed by atoms with Crippen LogP contribution in [0.1, 0.15) is 20.3 Å². The van der Waals surface area contributed by atoms with E-state index in [4.69, 9.17) is 5.73 Å². The van der Waals surface area contributed by atoms with E-state index in [2.05, 4.69) is 5.32 Å². The van der Waals surface area contributed by atoms with Gasteiger partial charge in [0.25, 0.3) is 0 Å². The van der Waals surface area contributed by atoms with Gasteiger partial charge in [0.2, 0.25) is 0 Å². The van der Waals surface area contributed by atoms with Crippen molar-refractivity contribution in [1.82, 2.24) is 0 Å². The lowest BCUT2D eigenvalue weighted by atomic mass is 9.64. The Morgan fingerprint density at radius 1 is 1.41 bits per heavy atom. The highest BCUT2D eigenvalue weighted by Crippen LogP contribution is 2.43. The van der Waals surface area contributed by atoms with Gasteiger partial charge in [0, 0.05) is 17.5 Å². The molecule has 4 N–H and O–H groups in total. The molecule has 1 aliphatic rings. The zero-order valence-electron chi connectivity index (χ0n) is 9.80. The van der Waals surface area contributed by atoms with Crippen molar-refractivity contribution in [2.24, 2.45) is 5.41 Å². The van der Waals surface area contributed by atoms with Gasteiger partial charge < -0.3 is 16.2 Å². The lowest BCUT2D eigenvalue weighted by Gasteiger charge is -2.50. The summed E-state index contributed by atoms with van der Waals surface area (Å²) in [6, 6.07) is 1.88. The molecule has 94 valence electrons. The van der Waals surface area contributed by atoms with Gasteiger partial charge in [0.15, 0.2) is 5.82 Å². The van der Waals surface area contributed by atoms with Crippen molar-refractivity contribution in [3.8, 4) is 0 Å². The summed E-state index contributed by atoms with van der Waals surface area (Å²) in [5.41, 5.74) is 5.36. The molecule has 0 bridgehead atoms. The molecule has 1 saturated carbocycles. The van der Waals surface area contributed by atoms with Gasteiger partial charge in [-0.1, -0.05) is 13.8 Å². The van der Waals surface area contributed by atoms with Crippen molar-refractivity contribution in [1.29, 1.82) is 0 Å². The summed E-state index contributed by atoms with van der Waals surface area (Å²) in [6.07, 6.45) is 0.143. The topological polar surface area (TPSA) is 58.3 Å². The first-order valence-corrected chi connectivity index (χ1v) is 5.51. The Hall–Kier alpha value is -1.36. The minimum Gasteiger partial charge on any atom is -0.395 e. The Balaban J connectivity index is 2.20.